The summed E-state index contributed by atoms with van der Waals surface area (Å²) in [5.41, 5.74) is 2.95. The monoisotopic (exact) mass is 449 g/mol. The number of hydroxylamine groups is 1. The third-order valence-corrected chi connectivity index (χ3v) is 5.53. The maximum Gasteiger partial charge on any atom is 0.272 e. The molecule has 0 spiro atoms. The van der Waals surface area contributed by atoms with Gasteiger partial charge in [-0.25, -0.2) is 5.48 Å². The zero-order valence-electron chi connectivity index (χ0n) is 18.2. The molecule has 172 valence electrons. The van der Waals surface area contributed by atoms with Gasteiger partial charge >= 0.3 is 0 Å². The number of aliphatic hydroxyl groups is 1. The van der Waals surface area contributed by atoms with Crippen molar-refractivity contribution in [2.24, 2.45) is 5.92 Å². The van der Waals surface area contributed by atoms with E-state index < -0.39 is 35.8 Å². The molecule has 0 unspecified atom stereocenters. The molecule has 8 nitrogen and oxygen atoms in total. The molecule has 0 radical (unpaired) electrons. The quantitative estimate of drug-likeness (QED) is 0.249. The number of hydrogen-bond acceptors (Lipinski definition) is 5. The smallest absolute Gasteiger partial charge is 0.272 e. The molecule has 8 heteroatoms. The summed E-state index contributed by atoms with van der Waals surface area (Å²) < 4.78 is 0. The number of carbonyl (C=O) groups excluding carboxylic acids is 3. The summed E-state index contributed by atoms with van der Waals surface area (Å²) in [6, 6.07) is 21.5. The first-order valence-corrected chi connectivity index (χ1v) is 10.6. The van der Waals surface area contributed by atoms with E-state index in [9.17, 15) is 19.5 Å². The van der Waals surface area contributed by atoms with E-state index in [-0.39, 0.29) is 12.8 Å². The van der Waals surface area contributed by atoms with Crippen LogP contribution < -0.4 is 16.1 Å². The van der Waals surface area contributed by atoms with Gasteiger partial charge in [0.05, 0.1) is 5.92 Å². The van der Waals surface area contributed by atoms with Crippen molar-refractivity contribution in [3.63, 3.8) is 0 Å². The Morgan fingerprint density at radius 1 is 0.788 bits per heavy atom. The lowest BCUT2D eigenvalue weighted by Crippen LogP contribution is -2.52. The first-order valence-electron chi connectivity index (χ1n) is 10.6. The average molecular weight is 450 g/mol. The molecule has 0 saturated carbocycles. The number of rotatable bonds is 9. The number of fused-ring (bicyclic) bond motifs is 1. The number of benzene rings is 3. The first-order chi connectivity index (χ1) is 15.9. The van der Waals surface area contributed by atoms with E-state index in [0.717, 1.165) is 21.9 Å². The van der Waals surface area contributed by atoms with E-state index in [1.54, 1.807) is 0 Å². The molecule has 0 bridgehead atoms. The molecular formula is C25H27N3O5. The minimum atomic E-state index is -1.82. The van der Waals surface area contributed by atoms with E-state index in [4.69, 9.17) is 5.21 Å². The normalized spacial score (nSPS) is 13.5. The van der Waals surface area contributed by atoms with Gasteiger partial charge < -0.3 is 15.7 Å². The van der Waals surface area contributed by atoms with Crippen LogP contribution in [-0.4, -0.2) is 47.2 Å². The molecule has 3 amide bonds. The van der Waals surface area contributed by atoms with Crippen LogP contribution in [-0.2, 0) is 27.2 Å². The molecule has 3 rings (SSSR count). The molecule has 3 aromatic carbocycles. The van der Waals surface area contributed by atoms with Gasteiger partial charge in [0.2, 0.25) is 11.8 Å². The highest BCUT2D eigenvalue weighted by molar-refractivity contribution is 5.92. The van der Waals surface area contributed by atoms with Crippen molar-refractivity contribution in [2.75, 3.05) is 7.05 Å². The van der Waals surface area contributed by atoms with Crippen LogP contribution in [0.1, 0.15) is 11.1 Å². The van der Waals surface area contributed by atoms with Gasteiger partial charge in [0.15, 0.2) is 0 Å². The lowest BCUT2D eigenvalue weighted by atomic mass is 9.91. The molecule has 0 heterocycles. The maximum absolute atomic E-state index is 13.2. The van der Waals surface area contributed by atoms with Gasteiger partial charge in [-0.15, -0.1) is 0 Å². The van der Waals surface area contributed by atoms with Crippen molar-refractivity contribution in [3.8, 4) is 0 Å². The summed E-state index contributed by atoms with van der Waals surface area (Å²) in [7, 11) is 1.47. The summed E-state index contributed by atoms with van der Waals surface area (Å²) in [5, 5.41) is 26.6. The van der Waals surface area contributed by atoms with Crippen LogP contribution in [0.25, 0.3) is 10.8 Å². The zero-order chi connectivity index (χ0) is 23.8. The fourth-order valence-corrected chi connectivity index (χ4v) is 3.73. The highest BCUT2D eigenvalue weighted by Gasteiger charge is 2.34. The van der Waals surface area contributed by atoms with Crippen molar-refractivity contribution in [2.45, 2.75) is 25.0 Å². The van der Waals surface area contributed by atoms with Gasteiger partial charge in [-0.3, -0.25) is 19.6 Å². The van der Waals surface area contributed by atoms with E-state index in [1.807, 2.05) is 72.8 Å². The van der Waals surface area contributed by atoms with E-state index in [2.05, 4.69) is 10.6 Å². The summed E-state index contributed by atoms with van der Waals surface area (Å²) in [4.78, 5) is 37.6. The third-order valence-electron chi connectivity index (χ3n) is 5.53. The van der Waals surface area contributed by atoms with Gasteiger partial charge in [0.1, 0.15) is 12.1 Å². The van der Waals surface area contributed by atoms with Crippen LogP contribution in [0.15, 0.2) is 72.8 Å². The minimum Gasteiger partial charge on any atom is -0.382 e. The zero-order valence-corrected chi connectivity index (χ0v) is 18.2. The molecular weight excluding hydrogens is 422 g/mol. The Hall–Kier alpha value is -3.75. The van der Waals surface area contributed by atoms with Crippen LogP contribution in [0.3, 0.4) is 0 Å². The average Bonchev–Trinajstić information content (AvgIpc) is 2.85. The van der Waals surface area contributed by atoms with E-state index in [1.165, 1.54) is 12.5 Å². The number of hydrogen-bond donors (Lipinski definition) is 5. The molecule has 5 N–H and O–H groups in total. The molecule has 0 saturated heterocycles. The van der Waals surface area contributed by atoms with Gasteiger partial charge in [0.25, 0.3) is 5.91 Å². The Bertz CT molecular complexity index is 1120. The van der Waals surface area contributed by atoms with Gasteiger partial charge in [0, 0.05) is 13.5 Å². The lowest BCUT2D eigenvalue weighted by molar-refractivity contribution is -0.146. The number of carbonyl (C=O) groups is 3. The number of likely N-dealkylation sites (N-methyl/N-ethyl adjacent to an activating group) is 1. The summed E-state index contributed by atoms with van der Waals surface area (Å²) in [5.74, 6) is -3.42. The summed E-state index contributed by atoms with van der Waals surface area (Å²) >= 11 is 0. The van der Waals surface area contributed by atoms with Crippen LogP contribution in [0.5, 0.6) is 0 Å². The molecule has 0 aromatic heterocycles. The predicted octanol–water partition coefficient (Wildman–Crippen LogP) is 1.34. The van der Waals surface area contributed by atoms with Crippen LogP contribution in [0, 0.1) is 5.92 Å². The largest absolute Gasteiger partial charge is 0.382 e. The second-order valence-electron chi connectivity index (χ2n) is 7.78. The third kappa shape index (κ3) is 6.15. The fraction of sp³-hybridized carbons (Fsp3) is 0.240. The van der Waals surface area contributed by atoms with E-state index in [0.29, 0.717) is 0 Å². The number of amides is 3. The Morgan fingerprint density at radius 2 is 1.45 bits per heavy atom. The van der Waals surface area contributed by atoms with Crippen LogP contribution in [0.2, 0.25) is 0 Å². The molecule has 0 aliphatic rings. The van der Waals surface area contributed by atoms with Gasteiger partial charge in [-0.2, -0.15) is 0 Å². The van der Waals surface area contributed by atoms with Crippen molar-refractivity contribution >= 4 is 28.5 Å². The first kappa shape index (κ1) is 23.9. The van der Waals surface area contributed by atoms with Crippen LogP contribution in [0.4, 0.5) is 0 Å². The fourth-order valence-electron chi connectivity index (χ4n) is 3.73. The highest BCUT2D eigenvalue weighted by atomic mass is 16.5. The Morgan fingerprint density at radius 3 is 2.12 bits per heavy atom. The molecule has 0 aliphatic carbocycles. The summed E-state index contributed by atoms with van der Waals surface area (Å²) in [6.07, 6.45) is -1.56. The molecule has 3 atom stereocenters. The SMILES string of the molecule is CNC(=O)[C@H](Cc1ccccc1)NC(=O)[C@H](Cc1ccc2ccccc2c1)[C@H](O)C(=O)NO. The Labute approximate surface area is 191 Å². The van der Waals surface area contributed by atoms with Crippen molar-refractivity contribution < 1.29 is 24.7 Å². The number of aliphatic hydroxyl groups excluding tert-OH is 1. The minimum absolute atomic E-state index is 0.0249. The van der Waals surface area contributed by atoms with Crippen molar-refractivity contribution in [1.29, 1.82) is 0 Å². The molecule has 0 fully saturated rings. The summed E-state index contributed by atoms with van der Waals surface area (Å²) in [6.45, 7) is 0. The standard InChI is InChI=1S/C25H27N3O5/c1-26-24(31)21(15-16-7-3-2-4-8-16)27-23(30)20(22(29)25(32)28-33)14-17-11-12-18-9-5-6-10-19(18)13-17/h2-13,20-22,29,33H,14-15H2,1H3,(H,26,31)(H,27,30)(H,28,32)/t20-,21+,22+/m1/s1. The van der Waals surface area contributed by atoms with Crippen LogP contribution >= 0.6 is 0 Å². The Balaban J connectivity index is 1.85. The second-order valence-corrected chi connectivity index (χ2v) is 7.78. The second kappa shape index (κ2) is 11.2. The Kier molecular flexibility index (Phi) is 8.12. The molecule has 33 heavy (non-hydrogen) atoms. The van der Waals surface area contributed by atoms with Gasteiger partial charge in [-0.05, 0) is 28.3 Å². The number of nitrogens with one attached hydrogen (secondary N) is 3. The predicted molar refractivity (Wildman–Crippen MR) is 123 cm³/mol. The molecule has 0 aliphatic heterocycles. The lowest BCUT2D eigenvalue weighted by Gasteiger charge is -2.24. The van der Waals surface area contributed by atoms with Crippen molar-refractivity contribution in [3.05, 3.63) is 83.9 Å². The highest BCUT2D eigenvalue weighted by Crippen LogP contribution is 2.20. The van der Waals surface area contributed by atoms with E-state index >= 15 is 0 Å². The maximum atomic E-state index is 13.2. The topological polar surface area (TPSA) is 128 Å². The van der Waals surface area contributed by atoms with Crippen molar-refractivity contribution in [1.82, 2.24) is 16.1 Å². The molecule has 3 aromatic rings. The van der Waals surface area contributed by atoms with Gasteiger partial charge in [-0.1, -0.05) is 72.8 Å².